The molecule has 2 fully saturated rings. The molecule has 1 aromatic rings. The Labute approximate surface area is 162 Å². The fourth-order valence-electron chi connectivity index (χ4n) is 4.39. The van der Waals surface area contributed by atoms with E-state index in [9.17, 15) is 9.59 Å². The first-order valence-electron chi connectivity index (χ1n) is 9.17. The Morgan fingerprint density at radius 2 is 1.93 bits per heavy atom. The number of allylic oxidation sites excluding steroid dienone is 2. The third kappa shape index (κ3) is 3.32. The van der Waals surface area contributed by atoms with Crippen LogP contribution in [0.15, 0.2) is 35.5 Å². The summed E-state index contributed by atoms with van der Waals surface area (Å²) in [6, 6.07) is 3.62. The van der Waals surface area contributed by atoms with E-state index in [1.807, 2.05) is 6.07 Å². The lowest BCUT2D eigenvalue weighted by Gasteiger charge is -2.18. The van der Waals surface area contributed by atoms with Gasteiger partial charge in [-0.1, -0.05) is 29.8 Å². The number of hydrogen-bond acceptors (Lipinski definition) is 4. The molecule has 1 saturated heterocycles. The number of halogens is 1. The number of rotatable bonds is 5. The largest absolute Gasteiger partial charge is 0.355 e. The predicted octanol–water partition coefficient (Wildman–Crippen LogP) is 1.21. The smallest absolute Gasteiger partial charge is 0.233 e. The molecule has 0 aromatic carbocycles. The first kappa shape index (κ1) is 18.0. The molecule has 1 aliphatic heterocycles. The number of nitrogens with zero attached hydrogens (tertiary/aromatic N) is 3. The minimum absolute atomic E-state index is 0.0150. The lowest BCUT2D eigenvalue weighted by molar-refractivity contribution is -0.140. The summed E-state index contributed by atoms with van der Waals surface area (Å²) in [5, 5.41) is 6.78. The summed E-state index contributed by atoms with van der Waals surface area (Å²) in [5.74, 6) is 0.794. The van der Waals surface area contributed by atoms with Crippen LogP contribution in [0.4, 0.5) is 0 Å². The Kier molecular flexibility index (Phi) is 4.86. The second-order valence-corrected chi connectivity index (χ2v) is 7.56. The number of imide groups is 1. The minimum Gasteiger partial charge on any atom is -0.355 e. The molecule has 0 radical (unpaired) electrons. The van der Waals surface area contributed by atoms with Crippen LogP contribution in [0.2, 0.25) is 5.15 Å². The van der Waals surface area contributed by atoms with E-state index in [2.05, 4.69) is 32.8 Å². The van der Waals surface area contributed by atoms with Crippen molar-refractivity contribution in [3.8, 4) is 0 Å². The van der Waals surface area contributed by atoms with Crippen molar-refractivity contribution in [3.05, 3.63) is 41.2 Å². The van der Waals surface area contributed by atoms with Crippen molar-refractivity contribution in [1.29, 1.82) is 0 Å². The Morgan fingerprint density at radius 3 is 2.52 bits per heavy atom. The van der Waals surface area contributed by atoms with Crippen molar-refractivity contribution < 1.29 is 9.59 Å². The van der Waals surface area contributed by atoms with Crippen LogP contribution in [0.25, 0.3) is 0 Å². The number of nitrogens with one attached hydrogen (secondary N) is 2. The summed E-state index contributed by atoms with van der Waals surface area (Å²) in [5.41, 5.74) is 0.975. The van der Waals surface area contributed by atoms with Gasteiger partial charge >= 0.3 is 0 Å². The second-order valence-electron chi connectivity index (χ2n) is 7.17. The second kappa shape index (κ2) is 7.31. The Morgan fingerprint density at radius 1 is 1.22 bits per heavy atom. The van der Waals surface area contributed by atoms with Gasteiger partial charge in [0, 0.05) is 32.9 Å². The average molecular weight is 388 g/mol. The highest BCUT2D eigenvalue weighted by Crippen LogP contribution is 2.52. The SMILES string of the molecule is CN=C(NCCN1C(=O)C2C3C=CC(C3)C2C1=O)NCc1ccc(Cl)nc1. The standard InChI is InChI=1S/C19H22ClN5O2/c1-21-19(24-10-11-2-5-14(20)23-9-11)22-6-7-25-17(26)15-12-3-4-13(8-12)16(15)18(25)27/h2-5,9,12-13,15-16H,6-8,10H2,1H3,(H2,21,22,24). The molecule has 142 valence electrons. The molecule has 2 heterocycles. The topological polar surface area (TPSA) is 86.7 Å². The fraction of sp³-hybridized carbons (Fsp3) is 0.474. The number of fused-ring (bicyclic) bond motifs is 5. The number of aliphatic imine (C=N–C) groups is 1. The first-order chi connectivity index (χ1) is 13.1. The van der Waals surface area contributed by atoms with Gasteiger partial charge in [0.1, 0.15) is 5.15 Å². The normalized spacial score (nSPS) is 28.8. The molecule has 7 nitrogen and oxygen atoms in total. The van der Waals surface area contributed by atoms with Crippen molar-refractivity contribution in [2.24, 2.45) is 28.7 Å². The zero-order chi connectivity index (χ0) is 19.0. The van der Waals surface area contributed by atoms with Crippen LogP contribution in [-0.4, -0.2) is 47.8 Å². The number of aromatic nitrogens is 1. The summed E-state index contributed by atoms with van der Waals surface area (Å²) in [7, 11) is 1.68. The molecule has 3 aliphatic rings. The number of hydrogen-bond donors (Lipinski definition) is 2. The minimum atomic E-state index is -0.137. The van der Waals surface area contributed by atoms with Crippen LogP contribution >= 0.6 is 11.6 Å². The lowest BCUT2D eigenvalue weighted by atomic mass is 9.85. The Balaban J connectivity index is 1.27. The number of carbonyl (C=O) groups excluding carboxylic acids is 2. The molecule has 2 bridgehead atoms. The number of guanidine groups is 1. The summed E-state index contributed by atoms with van der Waals surface area (Å²) >= 11 is 5.78. The van der Waals surface area contributed by atoms with Crippen LogP contribution in [0.3, 0.4) is 0 Å². The van der Waals surface area contributed by atoms with Gasteiger partial charge in [0.05, 0.1) is 11.8 Å². The predicted molar refractivity (Wildman–Crippen MR) is 102 cm³/mol. The number of likely N-dealkylation sites (tertiary alicyclic amines) is 1. The molecule has 2 aliphatic carbocycles. The monoisotopic (exact) mass is 387 g/mol. The fourth-order valence-corrected chi connectivity index (χ4v) is 4.50. The summed E-state index contributed by atoms with van der Waals surface area (Å²) in [6.45, 7) is 1.36. The molecular weight excluding hydrogens is 366 g/mol. The van der Waals surface area contributed by atoms with E-state index in [1.165, 1.54) is 4.90 Å². The molecule has 27 heavy (non-hydrogen) atoms. The van der Waals surface area contributed by atoms with Gasteiger partial charge in [-0.15, -0.1) is 0 Å². The van der Waals surface area contributed by atoms with Crippen molar-refractivity contribution >= 4 is 29.4 Å². The van der Waals surface area contributed by atoms with E-state index < -0.39 is 0 Å². The van der Waals surface area contributed by atoms with Gasteiger partial charge in [0.15, 0.2) is 5.96 Å². The zero-order valence-corrected chi connectivity index (χ0v) is 15.8. The Bertz CT molecular complexity index is 777. The van der Waals surface area contributed by atoms with Gasteiger partial charge < -0.3 is 10.6 Å². The Hall–Kier alpha value is -2.41. The molecule has 0 spiro atoms. The zero-order valence-electron chi connectivity index (χ0n) is 15.1. The van der Waals surface area contributed by atoms with Crippen molar-refractivity contribution in [3.63, 3.8) is 0 Å². The average Bonchev–Trinajstić information content (AvgIpc) is 3.35. The van der Waals surface area contributed by atoms with Crippen LogP contribution in [0, 0.1) is 23.7 Å². The maximum Gasteiger partial charge on any atom is 0.233 e. The lowest BCUT2D eigenvalue weighted by Crippen LogP contribution is -2.43. The molecule has 4 rings (SSSR count). The highest BCUT2D eigenvalue weighted by molar-refractivity contribution is 6.29. The third-order valence-corrected chi connectivity index (χ3v) is 5.89. The van der Waals surface area contributed by atoms with Crippen molar-refractivity contribution in [2.75, 3.05) is 20.1 Å². The van der Waals surface area contributed by atoms with Gasteiger partial charge in [0.2, 0.25) is 11.8 Å². The molecule has 4 atom stereocenters. The van der Waals surface area contributed by atoms with E-state index in [1.54, 1.807) is 19.3 Å². The highest BCUT2D eigenvalue weighted by Gasteiger charge is 2.58. The summed E-state index contributed by atoms with van der Waals surface area (Å²) < 4.78 is 0. The van der Waals surface area contributed by atoms with Crippen LogP contribution < -0.4 is 10.6 Å². The van der Waals surface area contributed by atoms with Gasteiger partial charge in [-0.3, -0.25) is 19.5 Å². The van der Waals surface area contributed by atoms with Gasteiger partial charge in [-0.2, -0.15) is 0 Å². The molecule has 1 aromatic heterocycles. The first-order valence-corrected chi connectivity index (χ1v) is 9.55. The van der Waals surface area contributed by atoms with E-state index in [0.717, 1.165) is 12.0 Å². The maximum absolute atomic E-state index is 12.7. The summed E-state index contributed by atoms with van der Waals surface area (Å²) in [4.78, 5) is 34.9. The third-order valence-electron chi connectivity index (χ3n) is 5.66. The van der Waals surface area contributed by atoms with Crippen molar-refractivity contribution in [1.82, 2.24) is 20.5 Å². The highest BCUT2D eigenvalue weighted by atomic mass is 35.5. The van der Waals surface area contributed by atoms with E-state index in [-0.39, 0.29) is 35.5 Å². The molecular formula is C19H22ClN5O2. The van der Waals surface area contributed by atoms with Gasteiger partial charge in [0.25, 0.3) is 0 Å². The number of carbonyl (C=O) groups is 2. The summed E-state index contributed by atoms with van der Waals surface area (Å²) in [6.07, 6.45) is 6.87. The quantitative estimate of drug-likeness (QED) is 0.261. The molecule has 1 saturated carbocycles. The van der Waals surface area contributed by atoms with Crippen LogP contribution in [0.5, 0.6) is 0 Å². The van der Waals surface area contributed by atoms with E-state index in [0.29, 0.717) is 30.7 Å². The van der Waals surface area contributed by atoms with E-state index >= 15 is 0 Å². The van der Waals surface area contributed by atoms with Crippen molar-refractivity contribution in [2.45, 2.75) is 13.0 Å². The van der Waals surface area contributed by atoms with Gasteiger partial charge in [-0.25, -0.2) is 4.98 Å². The molecule has 2 amide bonds. The van der Waals surface area contributed by atoms with Crippen LogP contribution in [-0.2, 0) is 16.1 Å². The van der Waals surface area contributed by atoms with Crippen LogP contribution in [0.1, 0.15) is 12.0 Å². The number of pyridine rings is 1. The molecule has 4 unspecified atom stereocenters. The number of amides is 2. The molecule has 8 heteroatoms. The van der Waals surface area contributed by atoms with Gasteiger partial charge in [-0.05, 0) is 29.9 Å². The maximum atomic E-state index is 12.7. The van der Waals surface area contributed by atoms with E-state index in [4.69, 9.17) is 11.6 Å². The molecule has 2 N–H and O–H groups in total.